The molecule has 0 radical (unpaired) electrons. The van der Waals surface area contributed by atoms with E-state index in [1.54, 1.807) is 0 Å². The van der Waals surface area contributed by atoms with Gasteiger partial charge in [0, 0.05) is 13.0 Å². The SMILES string of the molecule is CCCCOC(C)(C)CCC(=O)NS. The summed E-state index contributed by atoms with van der Waals surface area (Å²) in [4.78, 5) is 10.9. The fourth-order valence-electron chi connectivity index (χ4n) is 1.04. The summed E-state index contributed by atoms with van der Waals surface area (Å²) in [7, 11) is 0. The van der Waals surface area contributed by atoms with Crippen molar-refractivity contribution in [1.29, 1.82) is 0 Å². The monoisotopic (exact) mass is 219 g/mol. The first kappa shape index (κ1) is 13.8. The maximum Gasteiger partial charge on any atom is 0.229 e. The van der Waals surface area contributed by atoms with Gasteiger partial charge in [0.15, 0.2) is 0 Å². The van der Waals surface area contributed by atoms with Gasteiger partial charge >= 0.3 is 0 Å². The van der Waals surface area contributed by atoms with E-state index in [1.165, 1.54) is 0 Å². The lowest BCUT2D eigenvalue weighted by molar-refractivity contribution is -0.121. The Morgan fingerprint density at radius 1 is 1.50 bits per heavy atom. The minimum Gasteiger partial charge on any atom is -0.376 e. The number of thiol groups is 1. The minimum atomic E-state index is -0.213. The predicted molar refractivity (Wildman–Crippen MR) is 61.3 cm³/mol. The Kier molecular flexibility index (Phi) is 7.01. The average molecular weight is 219 g/mol. The molecule has 0 fully saturated rings. The number of carbonyl (C=O) groups is 1. The highest BCUT2D eigenvalue weighted by atomic mass is 32.1. The predicted octanol–water partition coefficient (Wildman–Crippen LogP) is 2.32. The highest BCUT2D eigenvalue weighted by Gasteiger charge is 2.19. The molecule has 0 spiro atoms. The van der Waals surface area contributed by atoms with Crippen LogP contribution in [0.25, 0.3) is 0 Å². The van der Waals surface area contributed by atoms with Crippen molar-refractivity contribution in [3.05, 3.63) is 0 Å². The molecule has 0 aliphatic heterocycles. The van der Waals surface area contributed by atoms with Crippen LogP contribution < -0.4 is 4.72 Å². The van der Waals surface area contributed by atoms with Crippen LogP contribution in [0.4, 0.5) is 0 Å². The van der Waals surface area contributed by atoms with Gasteiger partial charge < -0.3 is 9.46 Å². The first-order chi connectivity index (χ1) is 6.52. The number of rotatable bonds is 7. The number of hydrogen-bond donors (Lipinski definition) is 2. The molecule has 0 unspecified atom stereocenters. The van der Waals surface area contributed by atoms with E-state index in [9.17, 15) is 4.79 Å². The van der Waals surface area contributed by atoms with Gasteiger partial charge in [-0.05, 0) is 26.7 Å². The van der Waals surface area contributed by atoms with E-state index in [2.05, 4.69) is 24.5 Å². The first-order valence-electron chi connectivity index (χ1n) is 5.08. The van der Waals surface area contributed by atoms with Crippen molar-refractivity contribution in [2.24, 2.45) is 0 Å². The topological polar surface area (TPSA) is 38.3 Å². The number of carbonyl (C=O) groups excluding carboxylic acids is 1. The van der Waals surface area contributed by atoms with E-state index in [4.69, 9.17) is 4.74 Å². The molecule has 0 aromatic carbocycles. The minimum absolute atomic E-state index is 0.0551. The van der Waals surface area contributed by atoms with Crippen LogP contribution >= 0.6 is 12.8 Å². The van der Waals surface area contributed by atoms with Crippen molar-refractivity contribution in [3.63, 3.8) is 0 Å². The molecule has 3 nitrogen and oxygen atoms in total. The molecule has 0 saturated carbocycles. The summed E-state index contributed by atoms with van der Waals surface area (Å²) in [5.41, 5.74) is -0.213. The Balaban J connectivity index is 3.65. The highest BCUT2D eigenvalue weighted by Crippen LogP contribution is 2.17. The molecule has 0 heterocycles. The molecule has 1 amide bonds. The van der Waals surface area contributed by atoms with Crippen molar-refractivity contribution in [2.45, 2.75) is 52.1 Å². The van der Waals surface area contributed by atoms with Gasteiger partial charge in [-0.15, -0.1) is 0 Å². The summed E-state index contributed by atoms with van der Waals surface area (Å²) in [6, 6.07) is 0. The van der Waals surface area contributed by atoms with Crippen LogP contribution in [0.3, 0.4) is 0 Å². The fraction of sp³-hybridized carbons (Fsp3) is 0.900. The molecular weight excluding hydrogens is 198 g/mol. The third kappa shape index (κ3) is 7.21. The number of amides is 1. The van der Waals surface area contributed by atoms with E-state index in [0.29, 0.717) is 6.42 Å². The van der Waals surface area contributed by atoms with E-state index in [1.807, 2.05) is 13.8 Å². The van der Waals surface area contributed by atoms with Gasteiger partial charge in [0.2, 0.25) is 5.91 Å². The third-order valence-electron chi connectivity index (χ3n) is 2.07. The van der Waals surface area contributed by atoms with Crippen LogP contribution in [-0.4, -0.2) is 18.1 Å². The summed E-state index contributed by atoms with van der Waals surface area (Å²) in [5.74, 6) is -0.0551. The first-order valence-corrected chi connectivity index (χ1v) is 5.53. The lowest BCUT2D eigenvalue weighted by Crippen LogP contribution is -2.27. The van der Waals surface area contributed by atoms with Gasteiger partial charge in [0.25, 0.3) is 0 Å². The van der Waals surface area contributed by atoms with Gasteiger partial charge in [0.1, 0.15) is 0 Å². The Labute approximate surface area is 92.1 Å². The molecule has 0 bridgehead atoms. The van der Waals surface area contributed by atoms with Crippen molar-refractivity contribution < 1.29 is 9.53 Å². The van der Waals surface area contributed by atoms with Crippen molar-refractivity contribution in [3.8, 4) is 0 Å². The average Bonchev–Trinajstić information content (AvgIpc) is 2.14. The second-order valence-electron chi connectivity index (χ2n) is 4.00. The zero-order valence-corrected chi connectivity index (χ0v) is 10.2. The van der Waals surface area contributed by atoms with Crippen molar-refractivity contribution in [1.82, 2.24) is 4.72 Å². The van der Waals surface area contributed by atoms with E-state index >= 15 is 0 Å². The van der Waals surface area contributed by atoms with E-state index in [0.717, 1.165) is 25.9 Å². The normalized spacial score (nSPS) is 11.4. The van der Waals surface area contributed by atoms with Crippen LogP contribution in [-0.2, 0) is 9.53 Å². The van der Waals surface area contributed by atoms with Gasteiger partial charge in [-0.3, -0.25) is 4.79 Å². The second-order valence-corrected chi connectivity index (χ2v) is 4.22. The summed E-state index contributed by atoms with van der Waals surface area (Å²) in [6.07, 6.45) is 3.39. The summed E-state index contributed by atoms with van der Waals surface area (Å²) >= 11 is 3.69. The molecule has 0 saturated heterocycles. The Morgan fingerprint density at radius 2 is 2.14 bits per heavy atom. The summed E-state index contributed by atoms with van der Waals surface area (Å²) in [5, 5.41) is 0. The summed E-state index contributed by atoms with van der Waals surface area (Å²) < 4.78 is 7.96. The number of nitrogens with one attached hydrogen (secondary N) is 1. The van der Waals surface area contributed by atoms with Crippen LogP contribution in [0.5, 0.6) is 0 Å². The number of ether oxygens (including phenoxy) is 1. The molecule has 1 N–H and O–H groups in total. The van der Waals surface area contributed by atoms with Gasteiger partial charge in [-0.25, -0.2) is 0 Å². The van der Waals surface area contributed by atoms with Gasteiger partial charge in [0.05, 0.1) is 5.60 Å². The molecule has 0 rings (SSSR count). The second kappa shape index (κ2) is 7.12. The third-order valence-corrected chi connectivity index (χ3v) is 2.32. The Morgan fingerprint density at radius 3 is 2.64 bits per heavy atom. The zero-order chi connectivity index (χ0) is 11.0. The van der Waals surface area contributed by atoms with E-state index in [-0.39, 0.29) is 11.5 Å². The van der Waals surface area contributed by atoms with Crippen LogP contribution in [0, 0.1) is 0 Å². The maximum atomic E-state index is 10.9. The molecule has 0 aliphatic carbocycles. The Bertz CT molecular complexity index is 172. The quantitative estimate of drug-likeness (QED) is 0.509. The van der Waals surface area contributed by atoms with E-state index < -0.39 is 0 Å². The Hall–Kier alpha value is -0.220. The number of hydrogen-bond acceptors (Lipinski definition) is 3. The molecule has 4 heteroatoms. The van der Waals surface area contributed by atoms with Crippen molar-refractivity contribution >= 4 is 18.7 Å². The molecule has 0 aliphatic rings. The molecule has 0 aromatic heterocycles. The van der Waals surface area contributed by atoms with Gasteiger partial charge in [-0.1, -0.05) is 26.2 Å². The fourth-order valence-corrected chi connectivity index (χ4v) is 1.15. The molecule has 0 aromatic rings. The lowest BCUT2D eigenvalue weighted by atomic mass is 10.0. The van der Waals surface area contributed by atoms with Crippen LogP contribution in [0.2, 0.25) is 0 Å². The molecule has 0 atom stereocenters. The molecule has 14 heavy (non-hydrogen) atoms. The smallest absolute Gasteiger partial charge is 0.229 e. The lowest BCUT2D eigenvalue weighted by Gasteiger charge is -2.24. The molecule has 84 valence electrons. The standard InChI is InChI=1S/C10H21NO2S/c1-4-5-8-13-10(2,3)7-6-9(12)11-14/h14H,4-8H2,1-3H3,(H,11,12). The maximum absolute atomic E-state index is 10.9. The number of unbranched alkanes of at least 4 members (excludes halogenated alkanes) is 1. The van der Waals surface area contributed by atoms with Crippen LogP contribution in [0.15, 0.2) is 0 Å². The largest absolute Gasteiger partial charge is 0.376 e. The van der Waals surface area contributed by atoms with Crippen LogP contribution in [0.1, 0.15) is 46.5 Å². The summed E-state index contributed by atoms with van der Waals surface area (Å²) in [6.45, 7) is 6.92. The zero-order valence-electron chi connectivity index (χ0n) is 9.30. The van der Waals surface area contributed by atoms with Crippen molar-refractivity contribution in [2.75, 3.05) is 6.61 Å². The molecular formula is C10H21NO2S. The highest BCUT2D eigenvalue weighted by molar-refractivity contribution is 7.78. The van der Waals surface area contributed by atoms with Gasteiger partial charge in [-0.2, -0.15) is 0 Å².